The predicted octanol–water partition coefficient (Wildman–Crippen LogP) is -1.78. The Balaban J connectivity index is 3.54. The largest absolute Gasteiger partial charge is 0.479 e. The number of carbonyl (C=O) groups is 1. The van der Waals surface area contributed by atoms with E-state index in [0.29, 0.717) is 0 Å². The zero-order valence-electron chi connectivity index (χ0n) is 4.61. The molecule has 0 aromatic carbocycles. The van der Waals surface area contributed by atoms with Crippen LogP contribution in [-0.2, 0) is 14.5 Å². The lowest BCUT2D eigenvalue weighted by molar-refractivity contribution is -0.155. The first kappa shape index (κ1) is 8.31. The Morgan fingerprint density at radius 1 is 1.67 bits per heavy atom. The van der Waals surface area contributed by atoms with Gasteiger partial charge in [0.15, 0.2) is 0 Å². The molecule has 6 nitrogen and oxygen atoms in total. The molecular formula is C3H8N2O4. The molecule has 0 aliphatic heterocycles. The smallest absolute Gasteiger partial charge is 0.337 e. The van der Waals surface area contributed by atoms with Crippen molar-refractivity contribution in [2.75, 3.05) is 6.61 Å². The standard InChI is InChI=1S/C3H8N2O4/c4-8-1-2(9-5)3(6)7/h2H,1,4-5H2,(H,6,7). The monoisotopic (exact) mass is 136 g/mol. The summed E-state index contributed by atoms with van der Waals surface area (Å²) in [6.07, 6.45) is -1.19. The lowest BCUT2D eigenvalue weighted by atomic mass is 10.4. The fraction of sp³-hybridized carbons (Fsp3) is 0.667. The lowest BCUT2D eigenvalue weighted by Crippen LogP contribution is -2.32. The highest BCUT2D eigenvalue weighted by Gasteiger charge is 2.16. The predicted molar refractivity (Wildman–Crippen MR) is 26.8 cm³/mol. The number of carboxylic acid groups (broad SMARTS) is 1. The van der Waals surface area contributed by atoms with Crippen molar-refractivity contribution in [2.45, 2.75) is 6.10 Å². The molecular weight excluding hydrogens is 128 g/mol. The van der Waals surface area contributed by atoms with E-state index in [1.54, 1.807) is 0 Å². The van der Waals surface area contributed by atoms with Crippen LogP contribution < -0.4 is 11.8 Å². The van der Waals surface area contributed by atoms with Gasteiger partial charge in [0.1, 0.15) is 6.61 Å². The second-order valence-corrected chi connectivity index (χ2v) is 1.30. The summed E-state index contributed by atoms with van der Waals surface area (Å²) in [5.41, 5.74) is 0. The maximum absolute atomic E-state index is 9.98. The summed E-state index contributed by atoms with van der Waals surface area (Å²) in [5, 5.41) is 8.16. The van der Waals surface area contributed by atoms with Crippen LogP contribution in [0.2, 0.25) is 0 Å². The molecule has 0 aliphatic carbocycles. The second-order valence-electron chi connectivity index (χ2n) is 1.30. The molecule has 0 saturated carbocycles. The molecule has 5 N–H and O–H groups in total. The fourth-order valence-corrected chi connectivity index (χ4v) is 0.256. The van der Waals surface area contributed by atoms with Gasteiger partial charge in [-0.2, -0.15) is 0 Å². The Hall–Kier alpha value is -0.690. The van der Waals surface area contributed by atoms with E-state index in [4.69, 9.17) is 5.11 Å². The van der Waals surface area contributed by atoms with Gasteiger partial charge in [0, 0.05) is 0 Å². The van der Waals surface area contributed by atoms with Gasteiger partial charge in [0.2, 0.25) is 6.10 Å². The van der Waals surface area contributed by atoms with E-state index in [2.05, 4.69) is 21.5 Å². The van der Waals surface area contributed by atoms with Crippen LogP contribution in [0, 0.1) is 0 Å². The van der Waals surface area contributed by atoms with Crippen molar-refractivity contribution in [3.05, 3.63) is 0 Å². The van der Waals surface area contributed by atoms with Crippen molar-refractivity contribution in [2.24, 2.45) is 11.8 Å². The van der Waals surface area contributed by atoms with Gasteiger partial charge in [0.25, 0.3) is 0 Å². The Kier molecular flexibility index (Phi) is 3.89. The van der Waals surface area contributed by atoms with Crippen molar-refractivity contribution in [1.82, 2.24) is 0 Å². The number of nitrogens with two attached hydrogens (primary N) is 2. The van der Waals surface area contributed by atoms with Crippen LogP contribution in [0.4, 0.5) is 0 Å². The molecule has 0 aromatic heterocycles. The van der Waals surface area contributed by atoms with Gasteiger partial charge in [-0.1, -0.05) is 0 Å². The van der Waals surface area contributed by atoms with Gasteiger partial charge >= 0.3 is 5.97 Å². The molecule has 0 fully saturated rings. The van der Waals surface area contributed by atoms with Gasteiger partial charge in [-0.25, -0.2) is 16.6 Å². The van der Waals surface area contributed by atoms with E-state index >= 15 is 0 Å². The summed E-state index contributed by atoms with van der Waals surface area (Å²) in [4.78, 5) is 17.9. The molecule has 54 valence electrons. The maximum atomic E-state index is 9.98. The number of hydrogen-bond acceptors (Lipinski definition) is 5. The third-order valence-corrected chi connectivity index (χ3v) is 0.687. The molecule has 6 heteroatoms. The minimum absolute atomic E-state index is 0.258. The molecule has 0 spiro atoms. The molecule has 1 unspecified atom stereocenters. The summed E-state index contributed by atoms with van der Waals surface area (Å²) >= 11 is 0. The molecule has 0 saturated heterocycles. The van der Waals surface area contributed by atoms with E-state index in [0.717, 1.165) is 0 Å². The van der Waals surface area contributed by atoms with Crippen molar-refractivity contribution < 1.29 is 19.6 Å². The minimum atomic E-state index is -1.21. The van der Waals surface area contributed by atoms with Gasteiger partial charge in [-0.05, 0) is 0 Å². The minimum Gasteiger partial charge on any atom is -0.479 e. The molecule has 0 bridgehead atoms. The topological polar surface area (TPSA) is 108 Å². The summed E-state index contributed by atoms with van der Waals surface area (Å²) < 4.78 is 0. The zero-order chi connectivity index (χ0) is 7.28. The lowest BCUT2D eigenvalue weighted by Gasteiger charge is -2.05. The maximum Gasteiger partial charge on any atom is 0.337 e. The zero-order valence-corrected chi connectivity index (χ0v) is 4.61. The van der Waals surface area contributed by atoms with Crippen LogP contribution >= 0.6 is 0 Å². The average Bonchev–Trinajstić information content (AvgIpc) is 1.82. The Bertz CT molecular complexity index is 95.8. The van der Waals surface area contributed by atoms with Crippen LogP contribution in [0.3, 0.4) is 0 Å². The van der Waals surface area contributed by atoms with Crippen molar-refractivity contribution in [3.63, 3.8) is 0 Å². The molecule has 0 amide bonds. The van der Waals surface area contributed by atoms with Crippen molar-refractivity contribution in [3.8, 4) is 0 Å². The third kappa shape index (κ3) is 2.98. The Morgan fingerprint density at radius 2 is 2.22 bits per heavy atom. The third-order valence-electron chi connectivity index (χ3n) is 0.687. The van der Waals surface area contributed by atoms with Crippen molar-refractivity contribution in [1.29, 1.82) is 0 Å². The number of hydrogen-bond donors (Lipinski definition) is 3. The summed E-state index contributed by atoms with van der Waals surface area (Å²) in [6, 6.07) is 0. The second kappa shape index (κ2) is 4.21. The highest BCUT2D eigenvalue weighted by atomic mass is 16.7. The van der Waals surface area contributed by atoms with Crippen LogP contribution in [0.1, 0.15) is 0 Å². The van der Waals surface area contributed by atoms with E-state index < -0.39 is 12.1 Å². The Morgan fingerprint density at radius 3 is 2.33 bits per heavy atom. The van der Waals surface area contributed by atoms with Crippen LogP contribution in [0.15, 0.2) is 0 Å². The summed E-state index contributed by atoms with van der Waals surface area (Å²) in [5.74, 6) is 7.88. The average molecular weight is 136 g/mol. The van der Waals surface area contributed by atoms with Crippen LogP contribution in [0.25, 0.3) is 0 Å². The first-order valence-electron chi connectivity index (χ1n) is 2.12. The summed E-state index contributed by atoms with van der Waals surface area (Å²) in [7, 11) is 0. The number of carboxylic acids is 1. The van der Waals surface area contributed by atoms with E-state index in [9.17, 15) is 4.79 Å². The summed E-state index contributed by atoms with van der Waals surface area (Å²) in [6.45, 7) is -0.258. The first-order valence-corrected chi connectivity index (χ1v) is 2.12. The normalized spacial score (nSPS) is 13.1. The molecule has 9 heavy (non-hydrogen) atoms. The molecule has 0 heterocycles. The fourth-order valence-electron chi connectivity index (χ4n) is 0.256. The molecule has 0 aliphatic rings. The van der Waals surface area contributed by atoms with E-state index in [1.165, 1.54) is 0 Å². The quantitative estimate of drug-likeness (QED) is 0.394. The molecule has 0 aromatic rings. The molecule has 0 radical (unpaired) electrons. The highest BCUT2D eigenvalue weighted by Crippen LogP contribution is 1.85. The SMILES string of the molecule is NOCC(ON)C(=O)O. The van der Waals surface area contributed by atoms with Gasteiger partial charge in [-0.3, -0.25) is 4.84 Å². The van der Waals surface area contributed by atoms with Crippen molar-refractivity contribution >= 4 is 5.97 Å². The van der Waals surface area contributed by atoms with Gasteiger partial charge in [0.05, 0.1) is 0 Å². The first-order chi connectivity index (χ1) is 4.22. The molecule has 1 atom stereocenters. The van der Waals surface area contributed by atoms with E-state index in [1.807, 2.05) is 0 Å². The Labute approximate surface area is 51.2 Å². The van der Waals surface area contributed by atoms with Crippen LogP contribution in [-0.4, -0.2) is 23.8 Å². The van der Waals surface area contributed by atoms with Gasteiger partial charge < -0.3 is 9.94 Å². The van der Waals surface area contributed by atoms with Gasteiger partial charge in [-0.15, -0.1) is 0 Å². The highest BCUT2D eigenvalue weighted by molar-refractivity contribution is 5.72. The number of rotatable bonds is 4. The molecule has 0 rings (SSSR count). The van der Waals surface area contributed by atoms with Crippen LogP contribution in [0.5, 0.6) is 0 Å². The number of aliphatic carboxylic acids is 1. The van der Waals surface area contributed by atoms with E-state index in [-0.39, 0.29) is 6.61 Å².